The number of nitrogens with zero attached hydrogens (tertiary/aromatic N) is 2. The summed E-state index contributed by atoms with van der Waals surface area (Å²) in [5.74, 6) is -2.45. The van der Waals surface area contributed by atoms with Crippen LogP contribution in [0.3, 0.4) is 0 Å². The Morgan fingerprint density at radius 2 is 1.53 bits per heavy atom. The molecule has 2 aromatic carbocycles. The number of hydrogen-bond acceptors (Lipinski definition) is 6. The molecule has 9 heteroatoms. The van der Waals surface area contributed by atoms with Gasteiger partial charge in [0.1, 0.15) is 0 Å². The molecule has 0 aliphatic carbocycles. The summed E-state index contributed by atoms with van der Waals surface area (Å²) in [6, 6.07) is 10.3. The molecule has 0 bridgehead atoms. The smallest absolute Gasteiger partial charge is 0.324 e. The highest BCUT2D eigenvalue weighted by molar-refractivity contribution is 7.89. The molecule has 30 heavy (non-hydrogen) atoms. The third-order valence-electron chi connectivity index (χ3n) is 5.31. The highest BCUT2D eigenvalue weighted by atomic mass is 32.2. The molecule has 2 heterocycles. The molecule has 2 aromatic rings. The SMILES string of the molecule is Cc1ccc(S(=O)(=O)N2CCCCC2)cc1C(=O)ON1C(=O)c2ccccc2C1=O. The van der Waals surface area contributed by atoms with E-state index in [-0.39, 0.29) is 21.6 Å². The zero-order valence-electron chi connectivity index (χ0n) is 16.3. The molecular formula is C21H20N2O6S. The van der Waals surface area contributed by atoms with Crippen molar-refractivity contribution in [2.45, 2.75) is 31.1 Å². The molecular weight excluding hydrogens is 408 g/mol. The number of carbonyl (C=O) groups excluding carboxylic acids is 3. The number of piperidine rings is 1. The van der Waals surface area contributed by atoms with Gasteiger partial charge in [-0.3, -0.25) is 9.59 Å². The fourth-order valence-electron chi connectivity index (χ4n) is 3.62. The van der Waals surface area contributed by atoms with Crippen LogP contribution in [-0.2, 0) is 14.9 Å². The third kappa shape index (κ3) is 3.40. The number of hydroxylamine groups is 2. The minimum Gasteiger partial charge on any atom is -0.324 e. The van der Waals surface area contributed by atoms with E-state index in [1.807, 2.05) is 0 Å². The number of rotatable bonds is 4. The van der Waals surface area contributed by atoms with E-state index in [0.29, 0.717) is 23.7 Å². The summed E-state index contributed by atoms with van der Waals surface area (Å²) < 4.78 is 27.3. The van der Waals surface area contributed by atoms with Crippen LogP contribution in [0.25, 0.3) is 0 Å². The zero-order valence-corrected chi connectivity index (χ0v) is 17.1. The molecule has 0 radical (unpaired) electrons. The molecule has 0 aromatic heterocycles. The Hall–Kier alpha value is -3.04. The van der Waals surface area contributed by atoms with Crippen molar-refractivity contribution in [1.82, 2.24) is 9.37 Å². The van der Waals surface area contributed by atoms with Crippen molar-refractivity contribution in [2.24, 2.45) is 0 Å². The number of imide groups is 1. The molecule has 2 aliphatic rings. The van der Waals surface area contributed by atoms with Crippen LogP contribution in [-0.4, -0.2) is 48.7 Å². The zero-order chi connectivity index (χ0) is 21.5. The fourth-order valence-corrected chi connectivity index (χ4v) is 5.16. The largest absolute Gasteiger partial charge is 0.364 e. The monoisotopic (exact) mass is 428 g/mol. The van der Waals surface area contributed by atoms with Crippen LogP contribution >= 0.6 is 0 Å². The predicted octanol–water partition coefficient (Wildman–Crippen LogP) is 2.54. The first-order chi connectivity index (χ1) is 14.3. The lowest BCUT2D eigenvalue weighted by atomic mass is 10.1. The fraction of sp³-hybridized carbons (Fsp3) is 0.286. The third-order valence-corrected chi connectivity index (χ3v) is 7.21. The van der Waals surface area contributed by atoms with Gasteiger partial charge < -0.3 is 4.84 Å². The van der Waals surface area contributed by atoms with Gasteiger partial charge >= 0.3 is 5.97 Å². The normalized spacial score (nSPS) is 17.2. The van der Waals surface area contributed by atoms with Crippen molar-refractivity contribution >= 4 is 27.8 Å². The molecule has 0 saturated carbocycles. The first kappa shape index (κ1) is 20.2. The average molecular weight is 428 g/mol. The molecule has 0 spiro atoms. The number of fused-ring (bicyclic) bond motifs is 1. The molecule has 4 rings (SSSR count). The summed E-state index contributed by atoms with van der Waals surface area (Å²) in [6.45, 7) is 2.49. The second kappa shape index (κ2) is 7.66. The molecule has 0 unspecified atom stereocenters. The summed E-state index contributed by atoms with van der Waals surface area (Å²) in [4.78, 5) is 42.6. The lowest BCUT2D eigenvalue weighted by Crippen LogP contribution is -2.36. The van der Waals surface area contributed by atoms with E-state index in [9.17, 15) is 22.8 Å². The molecule has 2 amide bonds. The van der Waals surface area contributed by atoms with E-state index in [1.54, 1.807) is 19.1 Å². The molecule has 2 aliphatic heterocycles. The quantitative estimate of drug-likeness (QED) is 0.694. The van der Waals surface area contributed by atoms with Crippen LogP contribution in [0.2, 0.25) is 0 Å². The summed E-state index contributed by atoms with van der Waals surface area (Å²) >= 11 is 0. The topological polar surface area (TPSA) is 101 Å². The lowest BCUT2D eigenvalue weighted by molar-refractivity contribution is -0.0585. The molecule has 156 valence electrons. The van der Waals surface area contributed by atoms with E-state index in [0.717, 1.165) is 19.3 Å². The van der Waals surface area contributed by atoms with Crippen LogP contribution in [0.15, 0.2) is 47.4 Å². The predicted molar refractivity (Wildman–Crippen MR) is 106 cm³/mol. The van der Waals surface area contributed by atoms with Gasteiger partial charge in [-0.2, -0.15) is 4.31 Å². The van der Waals surface area contributed by atoms with Gasteiger partial charge in [0.15, 0.2) is 0 Å². The van der Waals surface area contributed by atoms with Crippen molar-refractivity contribution in [3.63, 3.8) is 0 Å². The first-order valence-electron chi connectivity index (χ1n) is 9.61. The summed E-state index contributed by atoms with van der Waals surface area (Å²) in [7, 11) is -3.75. The molecule has 0 N–H and O–H groups in total. The van der Waals surface area contributed by atoms with Gasteiger partial charge in [0.2, 0.25) is 10.0 Å². The lowest BCUT2D eigenvalue weighted by Gasteiger charge is -2.26. The summed E-state index contributed by atoms with van der Waals surface area (Å²) in [5, 5.41) is 0.415. The summed E-state index contributed by atoms with van der Waals surface area (Å²) in [6.07, 6.45) is 2.57. The van der Waals surface area contributed by atoms with Crippen LogP contribution in [0, 0.1) is 6.92 Å². The number of aryl methyl sites for hydroxylation is 1. The van der Waals surface area contributed by atoms with Crippen LogP contribution < -0.4 is 0 Å². The van der Waals surface area contributed by atoms with Crippen LogP contribution in [0.1, 0.15) is 55.9 Å². The van der Waals surface area contributed by atoms with Crippen molar-refractivity contribution in [3.05, 3.63) is 64.7 Å². The second-order valence-electron chi connectivity index (χ2n) is 7.27. The van der Waals surface area contributed by atoms with E-state index in [4.69, 9.17) is 4.84 Å². The highest BCUT2D eigenvalue weighted by Crippen LogP contribution is 2.26. The van der Waals surface area contributed by atoms with Gasteiger partial charge in [-0.1, -0.05) is 29.7 Å². The van der Waals surface area contributed by atoms with Crippen LogP contribution in [0.5, 0.6) is 0 Å². The minimum absolute atomic E-state index is 0.0235. The van der Waals surface area contributed by atoms with Gasteiger partial charge in [-0.05, 0) is 49.6 Å². The maximum atomic E-state index is 12.9. The molecule has 8 nitrogen and oxygen atoms in total. The molecule has 1 fully saturated rings. The van der Waals surface area contributed by atoms with Crippen molar-refractivity contribution in [3.8, 4) is 0 Å². The Kier molecular flexibility index (Phi) is 5.17. The number of benzene rings is 2. The van der Waals surface area contributed by atoms with Gasteiger partial charge in [0, 0.05) is 13.1 Å². The Morgan fingerprint density at radius 3 is 2.13 bits per heavy atom. The number of amides is 2. The van der Waals surface area contributed by atoms with Gasteiger partial charge in [0.05, 0.1) is 21.6 Å². The van der Waals surface area contributed by atoms with Crippen molar-refractivity contribution in [1.29, 1.82) is 0 Å². The van der Waals surface area contributed by atoms with E-state index >= 15 is 0 Å². The van der Waals surface area contributed by atoms with E-state index in [2.05, 4.69) is 0 Å². The maximum absolute atomic E-state index is 12.9. The Bertz CT molecular complexity index is 1120. The number of carbonyl (C=O) groups is 3. The van der Waals surface area contributed by atoms with Gasteiger partial charge in [-0.15, -0.1) is 0 Å². The molecule has 0 atom stereocenters. The van der Waals surface area contributed by atoms with Crippen molar-refractivity contribution < 1.29 is 27.6 Å². The van der Waals surface area contributed by atoms with Gasteiger partial charge in [0.25, 0.3) is 11.8 Å². The number of hydrogen-bond donors (Lipinski definition) is 0. The Labute approximate surface area is 174 Å². The summed E-state index contributed by atoms with van der Waals surface area (Å²) in [5.41, 5.74) is 0.737. The Balaban J connectivity index is 1.60. The minimum atomic E-state index is -3.75. The second-order valence-corrected chi connectivity index (χ2v) is 9.21. The first-order valence-corrected chi connectivity index (χ1v) is 11.1. The standard InChI is InChI=1S/C21H20N2O6S/c1-14-9-10-15(30(27,28)22-11-5-2-6-12-22)13-18(14)21(26)29-23-19(24)16-7-3-4-8-17(16)20(23)25/h3-4,7-10,13H,2,5-6,11-12H2,1H3. The van der Waals surface area contributed by atoms with E-state index in [1.165, 1.54) is 34.6 Å². The average Bonchev–Trinajstić information content (AvgIpc) is 2.99. The van der Waals surface area contributed by atoms with Crippen molar-refractivity contribution in [2.75, 3.05) is 13.1 Å². The molecule has 1 saturated heterocycles. The Morgan fingerprint density at radius 1 is 0.933 bits per heavy atom. The highest BCUT2D eigenvalue weighted by Gasteiger charge is 2.39. The van der Waals surface area contributed by atoms with Gasteiger partial charge in [-0.25, -0.2) is 13.2 Å². The van der Waals surface area contributed by atoms with E-state index < -0.39 is 27.8 Å². The van der Waals surface area contributed by atoms with Crippen LogP contribution in [0.4, 0.5) is 0 Å². The number of sulfonamides is 1. The maximum Gasteiger partial charge on any atom is 0.364 e.